The first-order valence-electron chi connectivity index (χ1n) is 4.82. The number of fused-ring (bicyclic) bond motifs is 1. The number of Topliss-reactive ketones (excluding diaryl/α,β-unsaturated/α-hetero) is 1. The molecule has 3 nitrogen and oxygen atoms in total. The molecule has 0 amide bonds. The number of aromatic nitrogens is 1. The zero-order chi connectivity index (χ0) is 9.97. The van der Waals surface area contributed by atoms with Gasteiger partial charge in [-0.2, -0.15) is 0 Å². The van der Waals surface area contributed by atoms with Crippen LogP contribution < -0.4 is 0 Å². The van der Waals surface area contributed by atoms with Gasteiger partial charge in [0.2, 0.25) is 0 Å². The minimum Gasteiger partial charge on any atom is -0.384 e. The van der Waals surface area contributed by atoms with E-state index in [-0.39, 0.29) is 5.78 Å². The number of rotatable bonds is 3. The van der Waals surface area contributed by atoms with Crippen LogP contribution in [0.2, 0.25) is 0 Å². The third-order valence-electron chi connectivity index (χ3n) is 2.33. The number of methoxy groups -OCH3 is 1. The molecule has 1 aromatic heterocycles. The Balaban J connectivity index is 2.17. The third-order valence-corrected chi connectivity index (χ3v) is 3.51. The lowest BCUT2D eigenvalue weighted by Crippen LogP contribution is -2.09. The summed E-state index contributed by atoms with van der Waals surface area (Å²) in [5, 5.41) is 1.03. The molecule has 0 saturated heterocycles. The molecule has 0 radical (unpaired) electrons. The maximum absolute atomic E-state index is 11.5. The zero-order valence-electron chi connectivity index (χ0n) is 8.21. The Morgan fingerprint density at radius 3 is 3.07 bits per heavy atom. The van der Waals surface area contributed by atoms with Crippen LogP contribution in [0.25, 0.3) is 0 Å². The van der Waals surface area contributed by atoms with Crippen LogP contribution in [0.1, 0.15) is 33.2 Å². The van der Waals surface area contributed by atoms with Crippen LogP contribution in [0.5, 0.6) is 0 Å². The topological polar surface area (TPSA) is 39.2 Å². The monoisotopic (exact) mass is 211 g/mol. The van der Waals surface area contributed by atoms with Gasteiger partial charge in [-0.1, -0.05) is 0 Å². The van der Waals surface area contributed by atoms with Crippen molar-refractivity contribution in [2.45, 2.75) is 25.7 Å². The highest BCUT2D eigenvalue weighted by Gasteiger charge is 2.21. The Morgan fingerprint density at radius 2 is 2.36 bits per heavy atom. The van der Waals surface area contributed by atoms with E-state index < -0.39 is 0 Å². The lowest BCUT2D eigenvalue weighted by Gasteiger charge is -2.06. The summed E-state index contributed by atoms with van der Waals surface area (Å²) in [7, 11) is 1.68. The van der Waals surface area contributed by atoms with E-state index in [0.29, 0.717) is 13.0 Å². The van der Waals surface area contributed by atoms with Gasteiger partial charge in [0.25, 0.3) is 0 Å². The minimum atomic E-state index is 0.214. The fourth-order valence-corrected chi connectivity index (χ4v) is 2.72. The summed E-state index contributed by atoms with van der Waals surface area (Å²) < 4.78 is 4.99. The molecule has 0 aliphatic heterocycles. The Labute approximate surface area is 87.1 Å². The molecule has 14 heavy (non-hydrogen) atoms. The summed E-state index contributed by atoms with van der Waals surface area (Å²) in [6, 6.07) is 0. The fraction of sp³-hybridized carbons (Fsp3) is 0.600. The second-order valence-electron chi connectivity index (χ2n) is 3.40. The maximum atomic E-state index is 11.5. The first kappa shape index (κ1) is 9.80. The number of aryl methyl sites for hydroxylation is 1. The average Bonchev–Trinajstić information content (AvgIpc) is 2.59. The molecule has 4 heteroatoms. The van der Waals surface area contributed by atoms with E-state index in [1.807, 2.05) is 0 Å². The van der Waals surface area contributed by atoms with Crippen LogP contribution in [-0.4, -0.2) is 24.5 Å². The summed E-state index contributed by atoms with van der Waals surface area (Å²) in [5.74, 6) is 0.214. The van der Waals surface area contributed by atoms with Crippen molar-refractivity contribution in [3.05, 3.63) is 15.6 Å². The first-order chi connectivity index (χ1) is 6.81. The van der Waals surface area contributed by atoms with Crippen LogP contribution in [0.4, 0.5) is 0 Å². The Hall–Kier alpha value is -0.740. The van der Waals surface area contributed by atoms with Gasteiger partial charge in [0.15, 0.2) is 5.78 Å². The minimum absolute atomic E-state index is 0.214. The van der Waals surface area contributed by atoms with Crippen LogP contribution in [-0.2, 0) is 17.6 Å². The summed E-state index contributed by atoms with van der Waals surface area (Å²) in [6.45, 7) is 0.681. The summed E-state index contributed by atoms with van der Waals surface area (Å²) in [6.07, 6.45) is 3.49. The van der Waals surface area contributed by atoms with E-state index in [9.17, 15) is 4.79 Å². The normalized spacial score (nSPS) is 15.6. The van der Waals surface area contributed by atoms with E-state index in [4.69, 9.17) is 4.74 Å². The number of carbonyl (C=O) groups excluding carboxylic acids is 1. The van der Waals surface area contributed by atoms with Gasteiger partial charge in [-0.25, -0.2) is 4.98 Å². The molecule has 0 spiro atoms. The van der Waals surface area contributed by atoms with Crippen molar-refractivity contribution in [3.8, 4) is 0 Å². The SMILES string of the molecule is COCCc1nc2c(s1)CCCC2=O. The summed E-state index contributed by atoms with van der Waals surface area (Å²) in [4.78, 5) is 17.0. The van der Waals surface area contributed by atoms with E-state index >= 15 is 0 Å². The van der Waals surface area contributed by atoms with Gasteiger partial charge in [-0.05, 0) is 12.8 Å². The molecule has 0 unspecified atom stereocenters. The van der Waals surface area contributed by atoms with E-state index in [2.05, 4.69) is 4.98 Å². The smallest absolute Gasteiger partial charge is 0.182 e. The number of nitrogens with zero attached hydrogens (tertiary/aromatic N) is 1. The molecule has 0 saturated carbocycles. The molecule has 0 N–H and O–H groups in total. The van der Waals surface area contributed by atoms with Gasteiger partial charge < -0.3 is 4.74 Å². The lowest BCUT2D eigenvalue weighted by atomic mass is 10.0. The highest BCUT2D eigenvalue weighted by molar-refractivity contribution is 7.12. The van der Waals surface area contributed by atoms with Crippen molar-refractivity contribution in [2.75, 3.05) is 13.7 Å². The van der Waals surface area contributed by atoms with Crippen molar-refractivity contribution < 1.29 is 9.53 Å². The van der Waals surface area contributed by atoms with Gasteiger partial charge in [-0.15, -0.1) is 11.3 Å². The number of hydrogen-bond acceptors (Lipinski definition) is 4. The molecule has 76 valence electrons. The molecule has 1 heterocycles. The van der Waals surface area contributed by atoms with Crippen LogP contribution >= 0.6 is 11.3 Å². The second-order valence-corrected chi connectivity index (χ2v) is 4.57. The van der Waals surface area contributed by atoms with E-state index in [0.717, 1.165) is 30.0 Å². The number of ether oxygens (including phenoxy) is 1. The average molecular weight is 211 g/mol. The molecule has 0 bridgehead atoms. The largest absolute Gasteiger partial charge is 0.384 e. The maximum Gasteiger partial charge on any atom is 0.182 e. The van der Waals surface area contributed by atoms with Gasteiger partial charge >= 0.3 is 0 Å². The van der Waals surface area contributed by atoms with Gasteiger partial charge in [0, 0.05) is 24.8 Å². The van der Waals surface area contributed by atoms with Crippen molar-refractivity contribution in [1.29, 1.82) is 0 Å². The molecule has 1 aliphatic rings. The summed E-state index contributed by atoms with van der Waals surface area (Å²) in [5.41, 5.74) is 0.729. The molecular formula is C10H13NO2S. The van der Waals surface area contributed by atoms with Crippen molar-refractivity contribution in [2.24, 2.45) is 0 Å². The number of carbonyl (C=O) groups is 1. The van der Waals surface area contributed by atoms with Crippen molar-refractivity contribution in [3.63, 3.8) is 0 Å². The number of hydrogen-bond donors (Lipinski definition) is 0. The predicted octanol–water partition coefficient (Wildman–Crippen LogP) is 1.85. The zero-order valence-corrected chi connectivity index (χ0v) is 9.02. The number of thiazole rings is 1. The van der Waals surface area contributed by atoms with E-state index in [1.54, 1.807) is 18.4 Å². The molecule has 0 atom stereocenters. The fourth-order valence-electron chi connectivity index (χ4n) is 1.61. The Bertz CT molecular complexity index is 346. The highest BCUT2D eigenvalue weighted by Crippen LogP contribution is 2.26. The van der Waals surface area contributed by atoms with Crippen molar-refractivity contribution >= 4 is 17.1 Å². The summed E-state index contributed by atoms with van der Waals surface area (Å²) >= 11 is 1.67. The van der Waals surface area contributed by atoms with Crippen molar-refractivity contribution in [1.82, 2.24) is 4.98 Å². The van der Waals surface area contributed by atoms with Gasteiger partial charge in [0.1, 0.15) is 5.69 Å². The Kier molecular flexibility index (Phi) is 2.93. The van der Waals surface area contributed by atoms with Gasteiger partial charge in [-0.3, -0.25) is 4.79 Å². The molecular weight excluding hydrogens is 198 g/mol. The molecule has 1 aromatic rings. The third kappa shape index (κ3) is 1.86. The first-order valence-corrected chi connectivity index (χ1v) is 5.63. The Morgan fingerprint density at radius 1 is 1.50 bits per heavy atom. The van der Waals surface area contributed by atoms with Crippen LogP contribution in [0.15, 0.2) is 0 Å². The van der Waals surface area contributed by atoms with Gasteiger partial charge in [0.05, 0.1) is 11.6 Å². The molecule has 2 rings (SSSR count). The molecule has 0 fully saturated rings. The second kappa shape index (κ2) is 4.19. The standard InChI is InChI=1S/C10H13NO2S/c1-13-6-5-9-11-10-7(12)3-2-4-8(10)14-9/h2-6H2,1H3. The van der Waals surface area contributed by atoms with Crippen LogP contribution in [0, 0.1) is 0 Å². The van der Waals surface area contributed by atoms with Crippen LogP contribution in [0.3, 0.4) is 0 Å². The molecule has 0 aromatic carbocycles. The number of ketones is 1. The molecule has 1 aliphatic carbocycles. The predicted molar refractivity (Wildman–Crippen MR) is 55.0 cm³/mol. The lowest BCUT2D eigenvalue weighted by molar-refractivity contribution is 0.0968. The highest BCUT2D eigenvalue weighted by atomic mass is 32.1. The quantitative estimate of drug-likeness (QED) is 0.766. The van der Waals surface area contributed by atoms with E-state index in [1.165, 1.54) is 4.88 Å².